The molecule has 0 bridgehead atoms. The van der Waals surface area contributed by atoms with E-state index in [2.05, 4.69) is 39.1 Å². The molecule has 1 aliphatic heterocycles. The van der Waals surface area contributed by atoms with E-state index in [0.717, 1.165) is 37.5 Å². The number of fused-ring (bicyclic) bond motifs is 1. The van der Waals surface area contributed by atoms with Crippen LogP contribution in [0.2, 0.25) is 5.02 Å². The third-order valence-corrected chi connectivity index (χ3v) is 6.13. The van der Waals surface area contributed by atoms with Gasteiger partial charge >= 0.3 is 0 Å². The van der Waals surface area contributed by atoms with Crippen LogP contribution in [0.5, 0.6) is 0 Å². The summed E-state index contributed by atoms with van der Waals surface area (Å²) < 4.78 is 0. The third-order valence-electron chi connectivity index (χ3n) is 4.86. The Morgan fingerprint density at radius 2 is 2.00 bits per heavy atom. The van der Waals surface area contributed by atoms with Crippen LogP contribution in [0.4, 0.5) is 0 Å². The van der Waals surface area contributed by atoms with Crippen LogP contribution in [0.15, 0.2) is 35.7 Å². The van der Waals surface area contributed by atoms with Crippen LogP contribution in [0.25, 0.3) is 0 Å². The first-order valence-electron chi connectivity index (χ1n) is 9.13. The highest BCUT2D eigenvalue weighted by molar-refractivity contribution is 7.10. The maximum Gasteiger partial charge on any atom is 0.220 e. The summed E-state index contributed by atoms with van der Waals surface area (Å²) in [5, 5.41) is 9.12. The maximum atomic E-state index is 12.2. The van der Waals surface area contributed by atoms with Crippen molar-refractivity contribution >= 4 is 53.7 Å². The van der Waals surface area contributed by atoms with Gasteiger partial charge in [0.25, 0.3) is 0 Å². The Labute approximate surface area is 188 Å². The molecule has 1 aliphatic rings. The Morgan fingerprint density at radius 3 is 2.71 bits per heavy atom. The van der Waals surface area contributed by atoms with Crippen molar-refractivity contribution in [1.82, 2.24) is 15.5 Å². The normalized spacial score (nSPS) is 14.4. The van der Waals surface area contributed by atoms with Crippen molar-refractivity contribution in [2.45, 2.75) is 31.8 Å². The lowest BCUT2D eigenvalue weighted by atomic mass is 10.0. The summed E-state index contributed by atoms with van der Waals surface area (Å²) in [5.74, 6) is 0.118. The Kier molecular flexibility index (Phi) is 11.4. The van der Waals surface area contributed by atoms with E-state index in [0.29, 0.717) is 13.0 Å². The minimum absolute atomic E-state index is 0. The fourth-order valence-electron chi connectivity index (χ4n) is 3.40. The number of thiophene rings is 1. The number of benzene rings is 1. The summed E-state index contributed by atoms with van der Waals surface area (Å²) in [7, 11) is 1.91. The van der Waals surface area contributed by atoms with E-state index < -0.39 is 0 Å². The van der Waals surface area contributed by atoms with Gasteiger partial charge in [0.05, 0.1) is 6.04 Å². The molecule has 0 fully saturated rings. The average molecular weight is 465 g/mol. The van der Waals surface area contributed by atoms with Crippen molar-refractivity contribution in [2.75, 3.05) is 26.7 Å². The van der Waals surface area contributed by atoms with Crippen molar-refractivity contribution in [2.24, 2.45) is 0 Å². The van der Waals surface area contributed by atoms with Gasteiger partial charge in [0, 0.05) is 36.0 Å². The zero-order valence-corrected chi connectivity index (χ0v) is 19.2. The van der Waals surface area contributed by atoms with Crippen molar-refractivity contribution in [1.29, 1.82) is 0 Å². The van der Waals surface area contributed by atoms with Gasteiger partial charge in [-0.25, -0.2) is 0 Å². The number of hydrogen-bond acceptors (Lipinski definition) is 4. The van der Waals surface area contributed by atoms with Crippen LogP contribution in [-0.4, -0.2) is 37.5 Å². The smallest absolute Gasteiger partial charge is 0.220 e. The minimum atomic E-state index is 0. The highest BCUT2D eigenvalue weighted by atomic mass is 35.5. The Bertz CT molecular complexity index is 724. The molecule has 1 atom stereocenters. The summed E-state index contributed by atoms with van der Waals surface area (Å²) in [6.07, 6.45) is 2.49. The summed E-state index contributed by atoms with van der Waals surface area (Å²) in [5.41, 5.74) is 2.61. The molecule has 0 saturated carbocycles. The van der Waals surface area contributed by atoms with Crippen LogP contribution in [0.3, 0.4) is 0 Å². The minimum Gasteiger partial charge on any atom is -0.354 e. The van der Waals surface area contributed by atoms with Gasteiger partial charge in [0.15, 0.2) is 0 Å². The first-order valence-corrected chi connectivity index (χ1v) is 10.4. The summed E-state index contributed by atoms with van der Waals surface area (Å²) in [6, 6.07) is 10.4. The molecule has 1 amide bonds. The van der Waals surface area contributed by atoms with Crippen molar-refractivity contribution < 1.29 is 4.79 Å². The second-order valence-electron chi connectivity index (χ2n) is 6.67. The number of amides is 1. The number of hydrogen-bond donors (Lipinski definition) is 2. The van der Waals surface area contributed by atoms with Crippen LogP contribution >= 0.6 is 47.8 Å². The van der Waals surface area contributed by atoms with Gasteiger partial charge in [-0.2, -0.15) is 0 Å². The summed E-state index contributed by atoms with van der Waals surface area (Å²) >= 11 is 7.91. The number of rotatable bonds is 8. The fourth-order valence-corrected chi connectivity index (χ4v) is 4.42. The second kappa shape index (κ2) is 12.7. The van der Waals surface area contributed by atoms with Crippen LogP contribution in [0.1, 0.15) is 34.9 Å². The van der Waals surface area contributed by atoms with Gasteiger partial charge < -0.3 is 10.6 Å². The van der Waals surface area contributed by atoms with Gasteiger partial charge in [0.1, 0.15) is 0 Å². The Hall–Kier alpha value is -0.820. The van der Waals surface area contributed by atoms with E-state index in [4.69, 9.17) is 11.6 Å². The van der Waals surface area contributed by atoms with Crippen molar-refractivity contribution in [3.05, 3.63) is 56.7 Å². The lowest BCUT2D eigenvalue weighted by Crippen LogP contribution is -2.40. The van der Waals surface area contributed by atoms with Crippen molar-refractivity contribution in [3.63, 3.8) is 0 Å². The molecule has 0 radical (unpaired) electrons. The molecule has 2 N–H and O–H groups in total. The zero-order chi connectivity index (χ0) is 18.4. The number of halogens is 3. The molecule has 1 aromatic heterocycles. The van der Waals surface area contributed by atoms with E-state index in [9.17, 15) is 4.79 Å². The van der Waals surface area contributed by atoms with E-state index >= 15 is 0 Å². The Morgan fingerprint density at radius 1 is 1.25 bits per heavy atom. The standard InChI is InChI=1S/C20H26ClN3OS.2ClH/c1-22-10-2-3-20(25)23-13-18(15-4-6-17(21)7-5-15)24-11-8-19-16(14-24)9-12-26-19;;/h4-7,9,12,18,22H,2-3,8,10-11,13-14H2,1H3,(H,23,25);2*1H. The first-order chi connectivity index (χ1) is 12.7. The Balaban J connectivity index is 0.00000196. The molecule has 3 rings (SSSR count). The number of carbonyl (C=O) groups is 1. The molecule has 0 saturated heterocycles. The lowest BCUT2D eigenvalue weighted by molar-refractivity contribution is -0.121. The van der Waals surface area contributed by atoms with Gasteiger partial charge in [-0.3, -0.25) is 9.69 Å². The van der Waals surface area contributed by atoms with E-state index in [1.807, 2.05) is 30.5 Å². The van der Waals surface area contributed by atoms with Gasteiger partial charge in [-0.1, -0.05) is 23.7 Å². The topological polar surface area (TPSA) is 44.4 Å². The van der Waals surface area contributed by atoms with Gasteiger partial charge in [0.2, 0.25) is 5.91 Å². The SMILES string of the molecule is CNCCCC(=O)NCC(c1ccc(Cl)cc1)N1CCc2sccc2C1.Cl.Cl. The quantitative estimate of drug-likeness (QED) is 0.567. The molecule has 4 nitrogen and oxygen atoms in total. The third kappa shape index (κ3) is 6.90. The summed E-state index contributed by atoms with van der Waals surface area (Å²) in [4.78, 5) is 16.1. The highest BCUT2D eigenvalue weighted by Gasteiger charge is 2.25. The zero-order valence-electron chi connectivity index (χ0n) is 15.9. The molecule has 28 heavy (non-hydrogen) atoms. The predicted octanol–water partition coefficient (Wildman–Crippen LogP) is 4.46. The number of nitrogens with zero attached hydrogens (tertiary/aromatic N) is 1. The molecule has 2 heterocycles. The van der Waals surface area contributed by atoms with Gasteiger partial charge in [-0.15, -0.1) is 36.2 Å². The molecular formula is C20H28Cl3N3OS. The molecule has 1 aromatic carbocycles. The largest absolute Gasteiger partial charge is 0.354 e. The molecule has 1 unspecified atom stereocenters. The maximum absolute atomic E-state index is 12.2. The molecular weight excluding hydrogens is 437 g/mol. The fraction of sp³-hybridized carbons (Fsp3) is 0.450. The number of carbonyl (C=O) groups excluding carboxylic acids is 1. The van der Waals surface area contributed by atoms with Crippen LogP contribution in [-0.2, 0) is 17.8 Å². The average Bonchev–Trinajstić information content (AvgIpc) is 3.11. The number of nitrogens with one attached hydrogen (secondary N) is 2. The molecule has 8 heteroatoms. The molecule has 2 aromatic rings. The molecule has 156 valence electrons. The van der Waals surface area contributed by atoms with Crippen LogP contribution in [0, 0.1) is 0 Å². The van der Waals surface area contributed by atoms with E-state index in [1.54, 1.807) is 0 Å². The predicted molar refractivity (Wildman–Crippen MR) is 123 cm³/mol. The van der Waals surface area contributed by atoms with E-state index in [1.165, 1.54) is 16.0 Å². The first kappa shape index (κ1) is 25.2. The van der Waals surface area contributed by atoms with E-state index in [-0.39, 0.29) is 36.8 Å². The highest BCUT2D eigenvalue weighted by Crippen LogP contribution is 2.30. The summed E-state index contributed by atoms with van der Waals surface area (Å²) in [6.45, 7) is 3.43. The molecule has 0 aliphatic carbocycles. The van der Waals surface area contributed by atoms with Crippen molar-refractivity contribution in [3.8, 4) is 0 Å². The lowest BCUT2D eigenvalue weighted by Gasteiger charge is -2.35. The van der Waals surface area contributed by atoms with Gasteiger partial charge in [-0.05, 0) is 61.1 Å². The second-order valence-corrected chi connectivity index (χ2v) is 8.11. The monoisotopic (exact) mass is 463 g/mol. The van der Waals surface area contributed by atoms with Crippen LogP contribution < -0.4 is 10.6 Å². The molecule has 0 spiro atoms.